The molecule has 2 heterocycles. The Morgan fingerprint density at radius 3 is 2.48 bits per heavy atom. The Labute approximate surface area is 183 Å². The smallest absolute Gasteiger partial charge is 0.241 e. The van der Waals surface area contributed by atoms with E-state index < -0.39 is 21.7 Å². The third kappa shape index (κ3) is 4.76. The average Bonchev–Trinajstić information content (AvgIpc) is 2.90. The van der Waals surface area contributed by atoms with Crippen LogP contribution < -0.4 is 9.46 Å². The standard InChI is InChI=1S/C23H28N2O5S/c1-17-7-9-20(10-8-17)31(27,28)24-18(2)22(26)25-15-19-5-3-4-6-21(19)30-23(16-25)11-13-29-14-12-23/h3-10,18,24H,11-16H2,1-2H3/t18-/m1/s1. The molecule has 7 nitrogen and oxygen atoms in total. The van der Waals surface area contributed by atoms with Crippen LogP contribution in [-0.2, 0) is 26.1 Å². The third-order valence-corrected chi connectivity index (χ3v) is 7.45. The molecular weight excluding hydrogens is 416 g/mol. The summed E-state index contributed by atoms with van der Waals surface area (Å²) >= 11 is 0. The van der Waals surface area contributed by atoms with Gasteiger partial charge in [0.05, 0.1) is 30.7 Å². The molecule has 31 heavy (non-hydrogen) atoms. The lowest BCUT2D eigenvalue weighted by molar-refractivity contribution is -0.137. The quantitative estimate of drug-likeness (QED) is 0.784. The summed E-state index contributed by atoms with van der Waals surface area (Å²) in [6, 6.07) is 13.3. The number of hydrogen-bond donors (Lipinski definition) is 1. The van der Waals surface area contributed by atoms with E-state index in [0.29, 0.717) is 39.1 Å². The van der Waals surface area contributed by atoms with Crippen LogP contribution in [0, 0.1) is 6.92 Å². The van der Waals surface area contributed by atoms with Crippen LogP contribution in [0.2, 0.25) is 0 Å². The SMILES string of the molecule is Cc1ccc(S(=O)(=O)N[C@H](C)C(=O)N2Cc3ccccc3OC3(CCOCC3)C2)cc1. The van der Waals surface area contributed by atoms with Crippen molar-refractivity contribution >= 4 is 15.9 Å². The van der Waals surface area contributed by atoms with Gasteiger partial charge in [0.1, 0.15) is 11.4 Å². The highest BCUT2D eigenvalue weighted by atomic mass is 32.2. The first-order valence-electron chi connectivity index (χ1n) is 10.5. The van der Waals surface area contributed by atoms with Gasteiger partial charge in [0.25, 0.3) is 0 Å². The van der Waals surface area contributed by atoms with Crippen molar-refractivity contribution in [3.8, 4) is 5.75 Å². The molecule has 1 saturated heterocycles. The Hall–Kier alpha value is -2.42. The van der Waals surface area contributed by atoms with Gasteiger partial charge in [-0.2, -0.15) is 4.72 Å². The molecule has 0 radical (unpaired) electrons. The van der Waals surface area contributed by atoms with Gasteiger partial charge in [-0.3, -0.25) is 4.79 Å². The van der Waals surface area contributed by atoms with Crippen molar-refractivity contribution in [2.45, 2.75) is 49.8 Å². The number of sulfonamides is 1. The Morgan fingerprint density at radius 1 is 1.10 bits per heavy atom. The van der Waals surface area contributed by atoms with E-state index in [-0.39, 0.29) is 10.8 Å². The number of aryl methyl sites for hydroxylation is 1. The molecule has 8 heteroatoms. The van der Waals surface area contributed by atoms with Crippen LogP contribution in [0.5, 0.6) is 5.75 Å². The molecule has 166 valence electrons. The van der Waals surface area contributed by atoms with Crippen molar-refractivity contribution in [3.05, 3.63) is 59.7 Å². The molecule has 0 aliphatic carbocycles. The summed E-state index contributed by atoms with van der Waals surface area (Å²) in [6.07, 6.45) is 1.35. The number of carbonyl (C=O) groups excluding carboxylic acids is 1. The Kier molecular flexibility index (Phi) is 6.05. The van der Waals surface area contributed by atoms with E-state index in [0.717, 1.165) is 16.9 Å². The average molecular weight is 445 g/mol. The first kappa shape index (κ1) is 21.8. The fraction of sp³-hybridized carbons (Fsp3) is 0.435. The van der Waals surface area contributed by atoms with Crippen LogP contribution in [0.25, 0.3) is 0 Å². The Morgan fingerprint density at radius 2 is 1.77 bits per heavy atom. The number of rotatable bonds is 4. The maximum atomic E-state index is 13.4. The number of benzene rings is 2. The molecule has 4 rings (SSSR count). The molecule has 0 unspecified atom stereocenters. The predicted molar refractivity (Wildman–Crippen MR) is 116 cm³/mol. The van der Waals surface area contributed by atoms with Gasteiger partial charge in [0, 0.05) is 24.9 Å². The predicted octanol–water partition coefficient (Wildman–Crippen LogP) is 2.63. The van der Waals surface area contributed by atoms with Crippen molar-refractivity contribution in [2.75, 3.05) is 19.8 Å². The largest absolute Gasteiger partial charge is 0.485 e. The lowest BCUT2D eigenvalue weighted by Gasteiger charge is -2.39. The number of amides is 1. The van der Waals surface area contributed by atoms with Crippen LogP contribution in [0.3, 0.4) is 0 Å². The summed E-state index contributed by atoms with van der Waals surface area (Å²) in [6.45, 7) is 5.37. The van der Waals surface area contributed by atoms with Crippen molar-refractivity contribution < 1.29 is 22.7 Å². The minimum atomic E-state index is -3.81. The van der Waals surface area contributed by atoms with E-state index in [1.54, 1.807) is 36.1 Å². The summed E-state index contributed by atoms with van der Waals surface area (Å²) < 4.78 is 40.0. The van der Waals surface area contributed by atoms with Crippen LogP contribution >= 0.6 is 0 Å². The van der Waals surface area contributed by atoms with E-state index in [9.17, 15) is 13.2 Å². The first-order valence-corrected chi connectivity index (χ1v) is 12.0. The van der Waals surface area contributed by atoms with Gasteiger partial charge in [0.15, 0.2) is 0 Å². The van der Waals surface area contributed by atoms with Gasteiger partial charge in [-0.1, -0.05) is 35.9 Å². The highest BCUT2D eigenvalue weighted by Gasteiger charge is 2.41. The van der Waals surface area contributed by atoms with Gasteiger partial charge in [-0.25, -0.2) is 8.42 Å². The number of para-hydroxylation sites is 1. The highest BCUT2D eigenvalue weighted by Crippen LogP contribution is 2.35. The second kappa shape index (κ2) is 8.61. The van der Waals surface area contributed by atoms with Crippen molar-refractivity contribution in [1.82, 2.24) is 9.62 Å². The van der Waals surface area contributed by atoms with E-state index in [4.69, 9.17) is 9.47 Å². The number of fused-ring (bicyclic) bond motifs is 1. The Balaban J connectivity index is 1.56. The normalized spacial score (nSPS) is 19.2. The number of nitrogens with one attached hydrogen (secondary N) is 1. The number of carbonyl (C=O) groups is 1. The van der Waals surface area contributed by atoms with Gasteiger partial charge >= 0.3 is 0 Å². The molecule has 1 spiro atoms. The molecule has 2 aromatic carbocycles. The van der Waals surface area contributed by atoms with Crippen molar-refractivity contribution in [1.29, 1.82) is 0 Å². The molecule has 2 aliphatic rings. The topological polar surface area (TPSA) is 84.9 Å². The summed E-state index contributed by atoms with van der Waals surface area (Å²) in [5.74, 6) is 0.495. The first-order chi connectivity index (χ1) is 14.8. The molecule has 1 amide bonds. The number of hydrogen-bond acceptors (Lipinski definition) is 5. The van der Waals surface area contributed by atoms with Gasteiger partial charge in [-0.05, 0) is 32.0 Å². The third-order valence-electron chi connectivity index (χ3n) is 5.89. The molecule has 2 aromatic rings. The molecule has 1 fully saturated rings. The second-order valence-electron chi connectivity index (χ2n) is 8.36. The molecule has 2 aliphatic heterocycles. The fourth-order valence-electron chi connectivity index (χ4n) is 4.11. The molecule has 0 aromatic heterocycles. The van der Waals surface area contributed by atoms with E-state index in [1.165, 1.54) is 0 Å². The maximum absolute atomic E-state index is 13.4. The van der Waals surface area contributed by atoms with E-state index in [2.05, 4.69) is 4.72 Å². The molecule has 1 atom stereocenters. The van der Waals surface area contributed by atoms with E-state index in [1.807, 2.05) is 31.2 Å². The second-order valence-corrected chi connectivity index (χ2v) is 10.1. The molecular formula is C23H28N2O5S. The summed E-state index contributed by atoms with van der Waals surface area (Å²) in [4.78, 5) is 15.2. The maximum Gasteiger partial charge on any atom is 0.241 e. The minimum Gasteiger partial charge on any atom is -0.485 e. The highest BCUT2D eigenvalue weighted by molar-refractivity contribution is 7.89. The summed E-state index contributed by atoms with van der Waals surface area (Å²) in [7, 11) is -3.81. The van der Waals surface area contributed by atoms with E-state index >= 15 is 0 Å². The summed E-state index contributed by atoms with van der Waals surface area (Å²) in [5, 5.41) is 0. The van der Waals surface area contributed by atoms with Crippen LogP contribution in [-0.4, -0.2) is 50.6 Å². The summed E-state index contributed by atoms with van der Waals surface area (Å²) in [5.41, 5.74) is 1.34. The number of ether oxygens (including phenoxy) is 2. The number of nitrogens with zero attached hydrogens (tertiary/aromatic N) is 1. The van der Waals surface area contributed by atoms with Crippen LogP contribution in [0.1, 0.15) is 30.9 Å². The van der Waals surface area contributed by atoms with Crippen LogP contribution in [0.4, 0.5) is 0 Å². The fourth-order valence-corrected chi connectivity index (χ4v) is 5.31. The monoisotopic (exact) mass is 444 g/mol. The lowest BCUT2D eigenvalue weighted by atomic mass is 9.93. The van der Waals surface area contributed by atoms with Crippen molar-refractivity contribution in [3.63, 3.8) is 0 Å². The zero-order valence-corrected chi connectivity index (χ0v) is 18.7. The zero-order valence-electron chi connectivity index (χ0n) is 17.8. The van der Waals surface area contributed by atoms with Gasteiger partial charge in [-0.15, -0.1) is 0 Å². The van der Waals surface area contributed by atoms with Crippen LogP contribution in [0.15, 0.2) is 53.4 Å². The lowest BCUT2D eigenvalue weighted by Crippen LogP contribution is -2.54. The Bertz CT molecular complexity index is 1050. The molecule has 1 N–H and O–H groups in total. The van der Waals surface area contributed by atoms with Crippen molar-refractivity contribution in [2.24, 2.45) is 0 Å². The molecule has 0 saturated carbocycles. The van der Waals surface area contributed by atoms with Gasteiger partial charge < -0.3 is 14.4 Å². The minimum absolute atomic E-state index is 0.142. The zero-order chi connectivity index (χ0) is 22.1. The van der Waals surface area contributed by atoms with Gasteiger partial charge in [0.2, 0.25) is 15.9 Å². The molecule has 0 bridgehead atoms.